The summed E-state index contributed by atoms with van der Waals surface area (Å²) in [6, 6.07) is 7.78. The van der Waals surface area contributed by atoms with E-state index < -0.39 is 6.10 Å². The van der Waals surface area contributed by atoms with Crippen LogP contribution in [0.4, 0.5) is 0 Å². The number of hydrogen-bond donors (Lipinski definition) is 1. The summed E-state index contributed by atoms with van der Waals surface area (Å²) < 4.78 is 5.74. The first-order chi connectivity index (χ1) is 10.7. The van der Waals surface area contributed by atoms with Gasteiger partial charge in [-0.05, 0) is 38.3 Å². The molecule has 1 unspecified atom stereocenters. The van der Waals surface area contributed by atoms with Crippen LogP contribution in [0.15, 0.2) is 24.3 Å². The van der Waals surface area contributed by atoms with Gasteiger partial charge >= 0.3 is 0 Å². The summed E-state index contributed by atoms with van der Waals surface area (Å²) in [5, 5.41) is 3.77. The lowest BCUT2D eigenvalue weighted by Crippen LogP contribution is -2.37. The molecule has 22 heavy (non-hydrogen) atoms. The number of thioether (sulfide) groups is 1. The molecule has 0 heterocycles. The number of rotatable bonds is 7. The molecule has 0 aliphatic heterocycles. The van der Waals surface area contributed by atoms with Gasteiger partial charge in [0.15, 0.2) is 6.10 Å². The Morgan fingerprint density at radius 2 is 2.05 bits per heavy atom. The number of aryl methyl sites for hydroxylation is 1. The van der Waals surface area contributed by atoms with Crippen LogP contribution in [0.5, 0.6) is 5.75 Å². The molecule has 1 amide bonds. The fourth-order valence-corrected chi connectivity index (χ4v) is 3.93. The summed E-state index contributed by atoms with van der Waals surface area (Å²) in [5.74, 6) is 1.74. The molecule has 1 aliphatic carbocycles. The Hall–Kier alpha value is -1.16. The predicted molar refractivity (Wildman–Crippen MR) is 93.6 cm³/mol. The second-order valence-electron chi connectivity index (χ2n) is 5.95. The van der Waals surface area contributed by atoms with E-state index in [1.807, 2.05) is 43.0 Å². The third kappa shape index (κ3) is 5.56. The zero-order chi connectivity index (χ0) is 15.8. The Morgan fingerprint density at radius 1 is 1.32 bits per heavy atom. The number of benzene rings is 1. The lowest BCUT2D eigenvalue weighted by molar-refractivity contribution is -0.127. The van der Waals surface area contributed by atoms with Crippen molar-refractivity contribution >= 4 is 17.7 Å². The maximum atomic E-state index is 12.1. The molecule has 2 rings (SSSR count). The zero-order valence-electron chi connectivity index (χ0n) is 13.6. The van der Waals surface area contributed by atoms with E-state index in [9.17, 15) is 4.79 Å². The van der Waals surface area contributed by atoms with Crippen molar-refractivity contribution in [2.24, 2.45) is 0 Å². The van der Waals surface area contributed by atoms with Gasteiger partial charge < -0.3 is 10.1 Å². The Kier molecular flexibility index (Phi) is 7.10. The molecule has 0 saturated heterocycles. The molecule has 0 spiro atoms. The Bertz CT molecular complexity index is 472. The Labute approximate surface area is 138 Å². The number of amides is 1. The van der Waals surface area contributed by atoms with Crippen molar-refractivity contribution in [2.45, 2.75) is 57.3 Å². The highest BCUT2D eigenvalue weighted by atomic mass is 32.2. The van der Waals surface area contributed by atoms with Gasteiger partial charge in [0.05, 0.1) is 0 Å². The third-order valence-corrected chi connectivity index (χ3v) is 5.46. The van der Waals surface area contributed by atoms with Gasteiger partial charge in [0.1, 0.15) is 5.75 Å². The molecule has 1 atom stereocenters. The number of nitrogens with one attached hydrogen (secondary N) is 1. The highest BCUT2D eigenvalue weighted by Gasteiger charge is 2.16. The van der Waals surface area contributed by atoms with E-state index in [1.54, 1.807) is 6.92 Å². The van der Waals surface area contributed by atoms with Crippen LogP contribution in [0.3, 0.4) is 0 Å². The fourth-order valence-electron chi connectivity index (χ4n) is 2.71. The summed E-state index contributed by atoms with van der Waals surface area (Å²) in [6.07, 6.45) is 6.34. The van der Waals surface area contributed by atoms with Gasteiger partial charge in [0.2, 0.25) is 0 Å². The minimum absolute atomic E-state index is 0.0347. The second-order valence-corrected chi connectivity index (χ2v) is 7.36. The lowest BCUT2D eigenvalue weighted by atomic mass is 10.0. The smallest absolute Gasteiger partial charge is 0.260 e. The fraction of sp³-hybridized carbons (Fsp3) is 0.611. The molecule has 1 aromatic rings. The van der Waals surface area contributed by atoms with Crippen molar-refractivity contribution in [1.82, 2.24) is 5.32 Å². The minimum atomic E-state index is -0.458. The van der Waals surface area contributed by atoms with Crippen LogP contribution in [0.2, 0.25) is 0 Å². The molecule has 1 saturated carbocycles. The highest BCUT2D eigenvalue weighted by molar-refractivity contribution is 7.99. The first-order valence-corrected chi connectivity index (χ1v) is 9.33. The number of carbonyl (C=O) groups is 1. The van der Waals surface area contributed by atoms with Crippen LogP contribution in [0.1, 0.15) is 44.6 Å². The van der Waals surface area contributed by atoms with E-state index in [-0.39, 0.29) is 5.91 Å². The van der Waals surface area contributed by atoms with Gasteiger partial charge in [-0.2, -0.15) is 11.8 Å². The molecule has 0 aromatic heterocycles. The molecule has 0 bridgehead atoms. The van der Waals surface area contributed by atoms with E-state index in [4.69, 9.17) is 4.74 Å². The van der Waals surface area contributed by atoms with Crippen LogP contribution < -0.4 is 10.1 Å². The molecule has 0 radical (unpaired) electrons. The monoisotopic (exact) mass is 321 g/mol. The van der Waals surface area contributed by atoms with Crippen LogP contribution in [-0.2, 0) is 4.79 Å². The molecule has 3 nitrogen and oxygen atoms in total. The van der Waals surface area contributed by atoms with Gasteiger partial charge in [-0.1, -0.05) is 37.5 Å². The van der Waals surface area contributed by atoms with Crippen LogP contribution in [0, 0.1) is 6.92 Å². The average molecular weight is 321 g/mol. The van der Waals surface area contributed by atoms with Gasteiger partial charge in [-0.15, -0.1) is 0 Å². The summed E-state index contributed by atoms with van der Waals surface area (Å²) in [4.78, 5) is 12.1. The Morgan fingerprint density at radius 3 is 2.77 bits per heavy atom. The molecule has 122 valence electrons. The molecule has 4 heteroatoms. The van der Waals surface area contributed by atoms with E-state index in [0.717, 1.165) is 28.9 Å². The SMILES string of the molecule is Cc1ccccc1OC(C)C(=O)NCCSC1CCCCC1. The number of hydrogen-bond acceptors (Lipinski definition) is 3. The zero-order valence-corrected chi connectivity index (χ0v) is 14.5. The van der Waals surface area contributed by atoms with Gasteiger partial charge in [-0.3, -0.25) is 4.79 Å². The maximum absolute atomic E-state index is 12.1. The van der Waals surface area contributed by atoms with Crippen LogP contribution in [0.25, 0.3) is 0 Å². The van der Waals surface area contributed by atoms with Crippen molar-refractivity contribution in [3.8, 4) is 5.75 Å². The quantitative estimate of drug-likeness (QED) is 0.773. The Balaban J connectivity index is 1.65. The standard InChI is InChI=1S/C18H27NO2S/c1-14-8-6-7-11-17(14)21-15(2)18(20)19-12-13-22-16-9-4-3-5-10-16/h6-8,11,15-16H,3-5,9-10,12-13H2,1-2H3,(H,19,20). The number of para-hydroxylation sites is 1. The molecule has 1 aromatic carbocycles. The summed E-state index contributed by atoms with van der Waals surface area (Å²) in [6.45, 7) is 4.51. The summed E-state index contributed by atoms with van der Waals surface area (Å²) in [5.41, 5.74) is 1.05. The number of carbonyl (C=O) groups excluding carboxylic acids is 1. The lowest BCUT2D eigenvalue weighted by Gasteiger charge is -2.21. The third-order valence-electron chi connectivity index (χ3n) is 4.07. The van der Waals surface area contributed by atoms with Crippen molar-refractivity contribution in [3.05, 3.63) is 29.8 Å². The number of ether oxygens (including phenoxy) is 1. The maximum Gasteiger partial charge on any atom is 0.260 e. The van der Waals surface area contributed by atoms with Crippen molar-refractivity contribution in [2.75, 3.05) is 12.3 Å². The van der Waals surface area contributed by atoms with Gasteiger partial charge in [0.25, 0.3) is 5.91 Å². The summed E-state index contributed by atoms with van der Waals surface area (Å²) >= 11 is 2.00. The molecule has 1 fully saturated rings. The van der Waals surface area contributed by atoms with Crippen molar-refractivity contribution < 1.29 is 9.53 Å². The van der Waals surface area contributed by atoms with Crippen LogP contribution >= 0.6 is 11.8 Å². The average Bonchev–Trinajstić information content (AvgIpc) is 2.54. The first-order valence-electron chi connectivity index (χ1n) is 8.28. The molecular weight excluding hydrogens is 294 g/mol. The largest absolute Gasteiger partial charge is 0.481 e. The molecule has 1 N–H and O–H groups in total. The molecule has 1 aliphatic rings. The minimum Gasteiger partial charge on any atom is -0.481 e. The summed E-state index contributed by atoms with van der Waals surface area (Å²) in [7, 11) is 0. The topological polar surface area (TPSA) is 38.3 Å². The normalized spacial score (nSPS) is 17.0. The van der Waals surface area contributed by atoms with Crippen molar-refractivity contribution in [3.63, 3.8) is 0 Å². The van der Waals surface area contributed by atoms with Crippen molar-refractivity contribution in [1.29, 1.82) is 0 Å². The first kappa shape index (κ1) is 17.2. The molecular formula is C18H27NO2S. The van der Waals surface area contributed by atoms with E-state index >= 15 is 0 Å². The highest BCUT2D eigenvalue weighted by Crippen LogP contribution is 2.27. The van der Waals surface area contributed by atoms with E-state index in [2.05, 4.69) is 5.32 Å². The van der Waals surface area contributed by atoms with Gasteiger partial charge in [-0.25, -0.2) is 0 Å². The second kappa shape index (κ2) is 9.09. The van der Waals surface area contributed by atoms with E-state index in [0.29, 0.717) is 0 Å². The van der Waals surface area contributed by atoms with Crippen LogP contribution in [-0.4, -0.2) is 29.6 Å². The van der Waals surface area contributed by atoms with E-state index in [1.165, 1.54) is 32.1 Å². The predicted octanol–water partition coefficient (Wildman–Crippen LogP) is 3.94. The van der Waals surface area contributed by atoms with Gasteiger partial charge in [0, 0.05) is 17.5 Å².